The van der Waals surface area contributed by atoms with Gasteiger partial charge in [-0.05, 0) is 6.92 Å². The van der Waals surface area contributed by atoms with E-state index in [0.29, 0.717) is 13.0 Å². The zero-order valence-electron chi connectivity index (χ0n) is 6.70. The number of rotatable bonds is 4. The van der Waals surface area contributed by atoms with E-state index in [4.69, 9.17) is 5.73 Å². The van der Waals surface area contributed by atoms with E-state index < -0.39 is 0 Å². The van der Waals surface area contributed by atoms with Crippen LogP contribution in [0.3, 0.4) is 0 Å². The Morgan fingerprint density at radius 2 is 2.50 bits per heavy atom. The number of carbonyl (C=O) groups is 1. The number of hydrogen-bond acceptors (Lipinski definition) is 5. The van der Waals surface area contributed by atoms with E-state index in [9.17, 15) is 4.79 Å². The Balaban J connectivity index is 2.29. The zero-order chi connectivity index (χ0) is 8.97. The van der Waals surface area contributed by atoms with Crippen LogP contribution in [-0.4, -0.2) is 21.8 Å². The van der Waals surface area contributed by atoms with Crippen molar-refractivity contribution in [2.75, 3.05) is 11.9 Å². The highest BCUT2D eigenvalue weighted by molar-refractivity contribution is 7.09. The molecule has 5 nitrogen and oxygen atoms in total. The molecule has 0 fully saturated rings. The molecule has 0 saturated heterocycles. The number of anilines is 1. The van der Waals surface area contributed by atoms with E-state index in [0.717, 1.165) is 11.0 Å². The highest BCUT2D eigenvalue weighted by atomic mass is 32.1. The predicted octanol–water partition coefficient (Wildman–Crippen LogP) is 0.134. The van der Waals surface area contributed by atoms with Gasteiger partial charge in [0.2, 0.25) is 11.0 Å². The van der Waals surface area contributed by atoms with Crippen LogP contribution in [0, 0.1) is 6.92 Å². The van der Waals surface area contributed by atoms with Gasteiger partial charge in [0.15, 0.2) is 0 Å². The van der Waals surface area contributed by atoms with Crippen molar-refractivity contribution in [1.29, 1.82) is 0 Å². The van der Waals surface area contributed by atoms with E-state index in [-0.39, 0.29) is 5.91 Å². The smallest absolute Gasteiger partial charge is 0.219 e. The molecule has 0 saturated carbocycles. The summed E-state index contributed by atoms with van der Waals surface area (Å²) in [5.41, 5.74) is 4.95. The van der Waals surface area contributed by atoms with Crippen LogP contribution in [0.5, 0.6) is 0 Å². The topological polar surface area (TPSA) is 80.9 Å². The van der Waals surface area contributed by atoms with Crippen LogP contribution >= 0.6 is 11.5 Å². The third-order valence-corrected chi connectivity index (χ3v) is 1.94. The summed E-state index contributed by atoms with van der Waals surface area (Å²) in [5, 5.41) is 3.67. The molecule has 0 radical (unpaired) electrons. The lowest BCUT2D eigenvalue weighted by molar-refractivity contribution is -0.117. The van der Waals surface area contributed by atoms with Crippen molar-refractivity contribution in [1.82, 2.24) is 9.36 Å². The van der Waals surface area contributed by atoms with Crippen LogP contribution < -0.4 is 11.1 Å². The van der Waals surface area contributed by atoms with Crippen molar-refractivity contribution < 1.29 is 4.79 Å². The molecule has 6 heteroatoms. The van der Waals surface area contributed by atoms with Crippen molar-refractivity contribution in [2.24, 2.45) is 5.73 Å². The van der Waals surface area contributed by atoms with Crippen LogP contribution in [0.25, 0.3) is 0 Å². The second-order valence-electron chi connectivity index (χ2n) is 2.29. The Morgan fingerprint density at radius 3 is 3.00 bits per heavy atom. The summed E-state index contributed by atoms with van der Waals surface area (Å²) >= 11 is 1.28. The molecule has 1 heterocycles. The molecule has 0 aliphatic rings. The summed E-state index contributed by atoms with van der Waals surface area (Å²) in [7, 11) is 0. The number of hydrogen-bond donors (Lipinski definition) is 2. The molecule has 66 valence electrons. The van der Waals surface area contributed by atoms with E-state index >= 15 is 0 Å². The highest BCUT2D eigenvalue weighted by Crippen LogP contribution is 2.09. The Hall–Kier alpha value is -1.17. The number of nitrogens with zero attached hydrogens (tertiary/aromatic N) is 2. The van der Waals surface area contributed by atoms with Crippen molar-refractivity contribution >= 4 is 22.6 Å². The summed E-state index contributed by atoms with van der Waals surface area (Å²) in [6, 6.07) is 0. The van der Waals surface area contributed by atoms with Gasteiger partial charge in [-0.2, -0.15) is 4.37 Å². The lowest BCUT2D eigenvalue weighted by atomic mass is 10.4. The molecule has 0 bridgehead atoms. The molecular formula is C6H10N4OS. The van der Waals surface area contributed by atoms with Gasteiger partial charge in [-0.3, -0.25) is 4.79 Å². The number of amides is 1. The van der Waals surface area contributed by atoms with Crippen molar-refractivity contribution in [2.45, 2.75) is 13.3 Å². The third kappa shape index (κ3) is 2.83. The summed E-state index contributed by atoms with van der Waals surface area (Å²) in [5.74, 6) is 0.422. The maximum Gasteiger partial charge on any atom is 0.219 e. The van der Waals surface area contributed by atoms with Gasteiger partial charge in [0.1, 0.15) is 5.82 Å². The van der Waals surface area contributed by atoms with Crippen LogP contribution in [0.15, 0.2) is 0 Å². The quantitative estimate of drug-likeness (QED) is 0.700. The molecule has 1 amide bonds. The molecular weight excluding hydrogens is 176 g/mol. The van der Waals surface area contributed by atoms with E-state index in [1.165, 1.54) is 11.5 Å². The van der Waals surface area contributed by atoms with Gasteiger partial charge in [-0.25, -0.2) is 4.98 Å². The average Bonchev–Trinajstić information content (AvgIpc) is 2.35. The molecule has 0 unspecified atom stereocenters. The number of nitrogens with one attached hydrogen (secondary N) is 1. The van der Waals surface area contributed by atoms with E-state index in [2.05, 4.69) is 14.7 Å². The minimum absolute atomic E-state index is 0.316. The average molecular weight is 186 g/mol. The number of nitrogens with two attached hydrogens (primary N) is 1. The van der Waals surface area contributed by atoms with Crippen molar-refractivity contribution in [3.8, 4) is 0 Å². The minimum Gasteiger partial charge on any atom is -0.370 e. The Bertz CT molecular complexity index is 272. The molecule has 0 aliphatic heterocycles. The summed E-state index contributed by atoms with van der Waals surface area (Å²) in [6.07, 6.45) is 0.318. The predicted molar refractivity (Wildman–Crippen MR) is 46.9 cm³/mol. The number of primary amides is 1. The first-order chi connectivity index (χ1) is 5.68. The Morgan fingerprint density at radius 1 is 1.75 bits per heavy atom. The van der Waals surface area contributed by atoms with Crippen LogP contribution in [-0.2, 0) is 4.79 Å². The second kappa shape index (κ2) is 4.01. The van der Waals surface area contributed by atoms with Crippen LogP contribution in [0.2, 0.25) is 0 Å². The largest absolute Gasteiger partial charge is 0.370 e. The standard InChI is InChI=1S/C6H10N4OS/c1-4-9-6(12-10-4)8-3-2-5(7)11/h2-3H2,1H3,(H2,7,11)(H,8,9,10). The third-order valence-electron chi connectivity index (χ3n) is 1.18. The fourth-order valence-electron chi connectivity index (χ4n) is 0.662. The molecule has 0 atom stereocenters. The first-order valence-electron chi connectivity index (χ1n) is 3.51. The summed E-state index contributed by atoms with van der Waals surface area (Å²) in [4.78, 5) is 14.4. The fraction of sp³-hybridized carbons (Fsp3) is 0.500. The number of carbonyl (C=O) groups excluding carboxylic acids is 1. The molecule has 1 aromatic rings. The zero-order valence-corrected chi connectivity index (χ0v) is 7.52. The molecule has 0 aromatic carbocycles. The lowest BCUT2D eigenvalue weighted by Crippen LogP contribution is -2.15. The number of aromatic nitrogens is 2. The molecule has 1 aromatic heterocycles. The van der Waals surface area contributed by atoms with Gasteiger partial charge in [-0.1, -0.05) is 0 Å². The first-order valence-corrected chi connectivity index (χ1v) is 4.28. The normalized spacial score (nSPS) is 9.75. The fourth-order valence-corrected chi connectivity index (χ4v) is 1.26. The maximum atomic E-state index is 10.3. The monoisotopic (exact) mass is 186 g/mol. The summed E-state index contributed by atoms with van der Waals surface area (Å²) < 4.78 is 3.97. The van der Waals surface area contributed by atoms with Gasteiger partial charge in [0.05, 0.1) is 0 Å². The van der Waals surface area contributed by atoms with Gasteiger partial charge in [0.25, 0.3) is 0 Å². The van der Waals surface area contributed by atoms with Gasteiger partial charge >= 0.3 is 0 Å². The van der Waals surface area contributed by atoms with Gasteiger partial charge in [-0.15, -0.1) is 0 Å². The van der Waals surface area contributed by atoms with Gasteiger partial charge < -0.3 is 11.1 Å². The minimum atomic E-state index is -0.316. The van der Waals surface area contributed by atoms with Crippen molar-refractivity contribution in [3.63, 3.8) is 0 Å². The SMILES string of the molecule is Cc1nsc(NCCC(N)=O)n1. The molecule has 1 rings (SSSR count). The van der Waals surface area contributed by atoms with Crippen LogP contribution in [0.1, 0.15) is 12.2 Å². The molecule has 0 aliphatic carbocycles. The Labute approximate surface area is 74.2 Å². The molecule has 12 heavy (non-hydrogen) atoms. The molecule has 3 N–H and O–H groups in total. The Kier molecular flexibility index (Phi) is 2.98. The summed E-state index contributed by atoms with van der Waals surface area (Å²) in [6.45, 7) is 2.33. The van der Waals surface area contributed by atoms with Gasteiger partial charge in [0, 0.05) is 24.5 Å². The number of aryl methyl sites for hydroxylation is 1. The van der Waals surface area contributed by atoms with Crippen molar-refractivity contribution in [3.05, 3.63) is 5.82 Å². The van der Waals surface area contributed by atoms with E-state index in [1.807, 2.05) is 6.92 Å². The van der Waals surface area contributed by atoms with Crippen LogP contribution in [0.4, 0.5) is 5.13 Å². The highest BCUT2D eigenvalue weighted by Gasteiger charge is 1.99. The van der Waals surface area contributed by atoms with E-state index in [1.54, 1.807) is 0 Å². The maximum absolute atomic E-state index is 10.3. The lowest BCUT2D eigenvalue weighted by Gasteiger charge is -1.97. The first kappa shape index (κ1) is 8.92. The molecule has 0 spiro atoms. The second-order valence-corrected chi connectivity index (χ2v) is 3.04.